The second kappa shape index (κ2) is 22.2. The number of allylic oxidation sites excluding steroid dienone is 3. The van der Waals surface area contributed by atoms with Crippen molar-refractivity contribution >= 4 is 17.7 Å². The second-order valence-electron chi connectivity index (χ2n) is 5.81. The minimum absolute atomic E-state index is 0.230. The summed E-state index contributed by atoms with van der Waals surface area (Å²) in [5.41, 5.74) is 7.07. The Labute approximate surface area is 176 Å². The molecule has 1 aliphatic carbocycles. The molecule has 0 spiro atoms. The van der Waals surface area contributed by atoms with Gasteiger partial charge in [-0.3, -0.25) is 4.79 Å². The van der Waals surface area contributed by atoms with Gasteiger partial charge in [-0.2, -0.15) is 11.8 Å². The number of carbonyl (C=O) groups is 1. The van der Waals surface area contributed by atoms with E-state index in [-0.39, 0.29) is 12.5 Å². The Kier molecular flexibility index (Phi) is 23.1. The maximum absolute atomic E-state index is 11.5. The molecule has 3 N–H and O–H groups in total. The molecule has 0 saturated heterocycles. The number of aliphatic hydroxyl groups is 1. The van der Waals surface area contributed by atoms with Crippen molar-refractivity contribution in [2.75, 3.05) is 39.8 Å². The van der Waals surface area contributed by atoms with E-state index in [1.807, 2.05) is 44.7 Å². The molecule has 0 radical (unpaired) electrons. The summed E-state index contributed by atoms with van der Waals surface area (Å²) in [6.45, 7) is 7.72. The molecule has 0 heterocycles. The lowest BCUT2D eigenvalue weighted by atomic mass is 10.0. The predicted octanol–water partition coefficient (Wildman–Crippen LogP) is 4.26. The molecule has 0 fully saturated rings. The third-order valence-electron chi connectivity index (χ3n) is 3.62. The highest BCUT2D eigenvalue weighted by molar-refractivity contribution is 8.00. The van der Waals surface area contributed by atoms with Gasteiger partial charge in [0.1, 0.15) is 0 Å². The number of rotatable bonds is 11. The van der Waals surface area contributed by atoms with Crippen LogP contribution < -0.4 is 5.73 Å². The van der Waals surface area contributed by atoms with E-state index in [1.54, 1.807) is 14.2 Å². The highest BCUT2D eigenvalue weighted by Crippen LogP contribution is 2.25. The van der Waals surface area contributed by atoms with Crippen LogP contribution in [-0.4, -0.2) is 56.1 Å². The highest BCUT2D eigenvalue weighted by Gasteiger charge is 2.13. The lowest BCUT2D eigenvalue weighted by Crippen LogP contribution is -2.15. The molecule has 0 aromatic rings. The van der Waals surface area contributed by atoms with Crippen LogP contribution in [0.15, 0.2) is 35.5 Å². The normalized spacial score (nSPS) is 16.1. The van der Waals surface area contributed by atoms with Crippen molar-refractivity contribution in [1.82, 2.24) is 0 Å². The van der Waals surface area contributed by atoms with Crippen LogP contribution in [0, 0.1) is 0 Å². The van der Waals surface area contributed by atoms with Crippen LogP contribution in [0.25, 0.3) is 0 Å². The standard InChI is InChI=1S/C16H25NO2S.C4H10O2.C2H6/c1-3-6-15(16(17)18)13-7-4-8-14(10-9-13)20-12-5-11-19-2;1-6-4-2-3-5;1-2/h6-7,9-10,14H,3-5,8,11-12H2,1-2H3,(H2,17,18);5H,2-4H2,1H3;1-2H3/b15-6-;;. The van der Waals surface area contributed by atoms with Crippen LogP contribution in [0.5, 0.6) is 0 Å². The van der Waals surface area contributed by atoms with Crippen molar-refractivity contribution in [3.05, 3.63) is 35.5 Å². The molecular formula is C22H41NO4S. The average molecular weight is 416 g/mol. The van der Waals surface area contributed by atoms with Crippen molar-refractivity contribution < 1.29 is 19.4 Å². The molecule has 1 rings (SSSR count). The number of nitrogens with two attached hydrogens (primary N) is 1. The van der Waals surface area contributed by atoms with E-state index in [4.69, 9.17) is 15.6 Å². The number of carbonyl (C=O) groups excluding carboxylic acids is 1. The Bertz CT molecular complexity index is 457. The van der Waals surface area contributed by atoms with E-state index in [1.165, 1.54) is 0 Å². The Morgan fingerprint density at radius 2 is 1.93 bits per heavy atom. The van der Waals surface area contributed by atoms with Crippen LogP contribution in [0.2, 0.25) is 0 Å². The van der Waals surface area contributed by atoms with E-state index in [2.05, 4.69) is 16.9 Å². The number of methoxy groups -OCH3 is 2. The van der Waals surface area contributed by atoms with Crippen LogP contribution in [-0.2, 0) is 14.3 Å². The summed E-state index contributed by atoms with van der Waals surface area (Å²) in [5.74, 6) is 0.764. The Hall–Kier alpha value is -1.08. The van der Waals surface area contributed by atoms with Crippen molar-refractivity contribution in [3.8, 4) is 0 Å². The molecule has 28 heavy (non-hydrogen) atoms. The molecule has 0 aromatic heterocycles. The fraction of sp³-hybridized carbons (Fsp3) is 0.682. The molecule has 0 bridgehead atoms. The quantitative estimate of drug-likeness (QED) is 0.389. The van der Waals surface area contributed by atoms with Gasteiger partial charge in [-0.15, -0.1) is 0 Å². The first-order valence-electron chi connectivity index (χ1n) is 10.2. The first-order chi connectivity index (χ1) is 13.6. The van der Waals surface area contributed by atoms with E-state index < -0.39 is 0 Å². The van der Waals surface area contributed by atoms with Crippen molar-refractivity contribution in [3.63, 3.8) is 0 Å². The van der Waals surface area contributed by atoms with Gasteiger partial charge in [-0.1, -0.05) is 45.1 Å². The van der Waals surface area contributed by atoms with Crippen LogP contribution >= 0.6 is 11.8 Å². The summed E-state index contributed by atoms with van der Waals surface area (Å²) in [7, 11) is 3.35. The molecule has 0 aromatic carbocycles. The molecular weight excluding hydrogens is 374 g/mol. The van der Waals surface area contributed by atoms with Gasteiger partial charge in [-0.05, 0) is 43.4 Å². The second-order valence-corrected chi connectivity index (χ2v) is 7.16. The van der Waals surface area contributed by atoms with E-state index in [0.717, 1.165) is 50.0 Å². The van der Waals surface area contributed by atoms with Gasteiger partial charge in [0, 0.05) is 44.9 Å². The Morgan fingerprint density at radius 3 is 2.43 bits per heavy atom. The molecule has 0 aliphatic heterocycles. The van der Waals surface area contributed by atoms with Gasteiger partial charge in [0.05, 0.1) is 0 Å². The van der Waals surface area contributed by atoms with Crippen molar-refractivity contribution in [2.45, 2.75) is 58.1 Å². The molecule has 1 unspecified atom stereocenters. The largest absolute Gasteiger partial charge is 0.396 e. The first kappa shape index (κ1) is 29.1. The molecule has 6 heteroatoms. The van der Waals surface area contributed by atoms with Gasteiger partial charge in [0.25, 0.3) is 0 Å². The fourth-order valence-electron chi connectivity index (χ4n) is 2.33. The summed E-state index contributed by atoms with van der Waals surface area (Å²) < 4.78 is 9.68. The average Bonchev–Trinajstić information content (AvgIpc) is 2.95. The molecule has 0 saturated carbocycles. The van der Waals surface area contributed by atoms with Gasteiger partial charge in [0.15, 0.2) is 0 Å². The lowest BCUT2D eigenvalue weighted by Gasteiger charge is -2.09. The Balaban J connectivity index is 0. The molecule has 5 nitrogen and oxygen atoms in total. The Morgan fingerprint density at radius 1 is 1.29 bits per heavy atom. The summed E-state index contributed by atoms with van der Waals surface area (Å²) in [5, 5.41) is 8.63. The van der Waals surface area contributed by atoms with E-state index in [9.17, 15) is 4.79 Å². The third kappa shape index (κ3) is 15.9. The van der Waals surface area contributed by atoms with Gasteiger partial charge in [-0.25, -0.2) is 0 Å². The lowest BCUT2D eigenvalue weighted by molar-refractivity contribution is -0.114. The highest BCUT2D eigenvalue weighted by atomic mass is 32.2. The number of hydrogen-bond acceptors (Lipinski definition) is 5. The van der Waals surface area contributed by atoms with E-state index in [0.29, 0.717) is 17.4 Å². The number of amides is 1. The van der Waals surface area contributed by atoms with Crippen LogP contribution in [0.4, 0.5) is 0 Å². The number of aliphatic hydroxyl groups excluding tert-OH is 1. The number of primary amides is 1. The summed E-state index contributed by atoms with van der Waals surface area (Å²) in [6.07, 6.45) is 13.0. The third-order valence-corrected chi connectivity index (χ3v) is 4.97. The van der Waals surface area contributed by atoms with Crippen LogP contribution in [0.3, 0.4) is 0 Å². The number of ether oxygens (including phenoxy) is 2. The molecule has 164 valence electrons. The van der Waals surface area contributed by atoms with Crippen molar-refractivity contribution in [1.29, 1.82) is 0 Å². The molecule has 1 aliphatic rings. The smallest absolute Gasteiger partial charge is 0.248 e. The maximum atomic E-state index is 11.5. The summed E-state index contributed by atoms with van der Waals surface area (Å²) >= 11 is 1.95. The number of thioether (sulfide) groups is 1. The minimum Gasteiger partial charge on any atom is -0.396 e. The van der Waals surface area contributed by atoms with Crippen molar-refractivity contribution in [2.24, 2.45) is 5.73 Å². The zero-order chi connectivity index (χ0) is 21.6. The summed E-state index contributed by atoms with van der Waals surface area (Å²) in [4.78, 5) is 11.5. The topological polar surface area (TPSA) is 81.8 Å². The zero-order valence-electron chi connectivity index (χ0n) is 18.4. The van der Waals surface area contributed by atoms with E-state index >= 15 is 0 Å². The predicted molar refractivity (Wildman–Crippen MR) is 122 cm³/mol. The molecule has 1 amide bonds. The monoisotopic (exact) mass is 415 g/mol. The van der Waals surface area contributed by atoms with Gasteiger partial charge in [0.2, 0.25) is 5.91 Å². The SMILES string of the molecule is CC.CC/C=C(\C(N)=O)C1=CCCC(SCCCOC)C=C1.COCCCO. The number of hydrogen-bond donors (Lipinski definition) is 2. The fourth-order valence-corrected chi connectivity index (χ4v) is 3.41. The van der Waals surface area contributed by atoms with Gasteiger partial charge >= 0.3 is 0 Å². The zero-order valence-corrected chi connectivity index (χ0v) is 19.2. The first-order valence-corrected chi connectivity index (χ1v) is 11.2. The minimum atomic E-state index is -0.339. The van der Waals surface area contributed by atoms with Crippen LogP contribution in [0.1, 0.15) is 52.9 Å². The molecule has 1 atom stereocenters. The summed E-state index contributed by atoms with van der Waals surface area (Å²) in [6, 6.07) is 0. The van der Waals surface area contributed by atoms with Gasteiger partial charge < -0.3 is 20.3 Å². The maximum Gasteiger partial charge on any atom is 0.248 e.